The number of hydrogen-bond acceptors (Lipinski definition) is 3. The van der Waals surface area contributed by atoms with E-state index in [4.69, 9.17) is 28.9 Å². The van der Waals surface area contributed by atoms with Gasteiger partial charge in [0.2, 0.25) is 0 Å². The molecule has 1 heterocycles. The molecule has 0 saturated heterocycles. The van der Waals surface area contributed by atoms with Crippen LogP contribution in [0, 0.1) is 0 Å². The van der Waals surface area contributed by atoms with E-state index in [9.17, 15) is 0 Å². The van der Waals surface area contributed by atoms with Crippen LogP contribution in [-0.4, -0.2) is 23.8 Å². The Morgan fingerprint density at radius 1 is 1.44 bits per heavy atom. The summed E-state index contributed by atoms with van der Waals surface area (Å²) in [4.78, 5) is 6.41. The smallest absolute Gasteiger partial charge is 0.142 e. The van der Waals surface area contributed by atoms with Crippen LogP contribution in [0.4, 0.5) is 0 Å². The Balaban J connectivity index is 2.23. The summed E-state index contributed by atoms with van der Waals surface area (Å²) in [5.74, 6) is 0.585. The van der Waals surface area contributed by atoms with Crippen molar-refractivity contribution < 1.29 is 0 Å². The van der Waals surface area contributed by atoms with E-state index in [1.165, 1.54) is 0 Å². The van der Waals surface area contributed by atoms with Gasteiger partial charge >= 0.3 is 0 Å². The van der Waals surface area contributed by atoms with E-state index in [-0.39, 0.29) is 0 Å². The highest BCUT2D eigenvalue weighted by Crippen LogP contribution is 2.24. The van der Waals surface area contributed by atoms with E-state index in [0.29, 0.717) is 23.9 Å². The fourth-order valence-electron chi connectivity index (χ4n) is 2.02. The molecule has 1 aliphatic heterocycles. The number of aliphatic imine (C=N–C) groups is 1. The van der Waals surface area contributed by atoms with Crippen molar-refractivity contribution in [2.75, 3.05) is 13.1 Å². The van der Waals surface area contributed by atoms with Gasteiger partial charge in [0.25, 0.3) is 0 Å². The van der Waals surface area contributed by atoms with Crippen LogP contribution in [-0.2, 0) is 6.54 Å². The number of amidine groups is 1. The van der Waals surface area contributed by atoms with Crippen LogP contribution >= 0.6 is 23.2 Å². The first-order valence-corrected chi connectivity index (χ1v) is 6.53. The Morgan fingerprint density at radius 3 is 2.94 bits per heavy atom. The third-order valence-electron chi connectivity index (χ3n) is 2.90. The fourth-order valence-corrected chi connectivity index (χ4v) is 2.39. The topological polar surface area (TPSA) is 41.6 Å². The molecule has 0 spiro atoms. The lowest BCUT2D eigenvalue weighted by molar-refractivity contribution is 0.352. The molecule has 1 aromatic rings. The minimum absolute atomic E-state index is 0.585. The average Bonchev–Trinajstić information content (AvgIpc) is 2.34. The number of nitrogens with zero attached hydrogens (tertiary/aromatic N) is 2. The van der Waals surface area contributed by atoms with E-state index >= 15 is 0 Å². The van der Waals surface area contributed by atoms with Gasteiger partial charge in [-0.1, -0.05) is 29.3 Å². The van der Waals surface area contributed by atoms with Crippen molar-refractivity contribution in [3.63, 3.8) is 0 Å². The summed E-state index contributed by atoms with van der Waals surface area (Å²) in [5, 5.41) is 1.41. The molecule has 0 aromatic heterocycles. The van der Waals surface area contributed by atoms with E-state index < -0.39 is 0 Å². The number of halogens is 2. The van der Waals surface area contributed by atoms with Crippen molar-refractivity contribution in [1.82, 2.24) is 4.90 Å². The molecule has 96 valence electrons. The summed E-state index contributed by atoms with van der Waals surface area (Å²) < 4.78 is 0. The van der Waals surface area contributed by atoms with Gasteiger partial charge in [-0.3, -0.25) is 4.99 Å². The predicted octanol–water partition coefficient (Wildman–Crippen LogP) is 3.07. The zero-order chi connectivity index (χ0) is 13.1. The zero-order valence-corrected chi connectivity index (χ0v) is 11.7. The maximum Gasteiger partial charge on any atom is 0.142 e. The molecule has 0 radical (unpaired) electrons. The minimum Gasteiger partial charge on any atom is -0.382 e. The van der Waals surface area contributed by atoms with Gasteiger partial charge in [0.05, 0.1) is 12.2 Å². The lowest BCUT2D eigenvalue weighted by atomic mass is 10.1. The van der Waals surface area contributed by atoms with Gasteiger partial charge in [-0.05, 0) is 30.7 Å². The fraction of sp³-hybridized carbons (Fsp3) is 0.308. The van der Waals surface area contributed by atoms with Crippen molar-refractivity contribution in [2.45, 2.75) is 13.5 Å². The van der Waals surface area contributed by atoms with Crippen molar-refractivity contribution in [2.24, 2.45) is 10.7 Å². The lowest BCUT2D eigenvalue weighted by Gasteiger charge is -2.30. The molecule has 0 unspecified atom stereocenters. The van der Waals surface area contributed by atoms with Crippen molar-refractivity contribution in [3.8, 4) is 0 Å². The molecule has 0 fully saturated rings. The Labute approximate surface area is 117 Å². The zero-order valence-electron chi connectivity index (χ0n) is 10.2. The average molecular weight is 284 g/mol. The second-order valence-corrected chi connectivity index (χ2v) is 4.94. The highest BCUT2D eigenvalue weighted by molar-refractivity contribution is 6.33. The van der Waals surface area contributed by atoms with Crippen LogP contribution in [0.1, 0.15) is 12.5 Å². The Bertz CT molecular complexity index is 509. The molecule has 0 amide bonds. The van der Waals surface area contributed by atoms with Gasteiger partial charge in [-0.2, -0.15) is 0 Å². The number of allylic oxidation sites excluding steroid dienone is 1. The summed E-state index contributed by atoms with van der Waals surface area (Å²) in [5.41, 5.74) is 7.84. The Morgan fingerprint density at radius 2 is 2.22 bits per heavy atom. The first kappa shape index (κ1) is 13.2. The molecule has 2 rings (SSSR count). The summed E-state index contributed by atoms with van der Waals surface area (Å²) >= 11 is 12.2. The van der Waals surface area contributed by atoms with Crippen molar-refractivity contribution >= 4 is 29.0 Å². The van der Waals surface area contributed by atoms with Crippen molar-refractivity contribution in [1.29, 1.82) is 0 Å². The van der Waals surface area contributed by atoms with Crippen LogP contribution in [0.15, 0.2) is 35.0 Å². The van der Waals surface area contributed by atoms with Crippen LogP contribution in [0.3, 0.4) is 0 Å². The third kappa shape index (κ3) is 2.79. The summed E-state index contributed by atoms with van der Waals surface area (Å²) in [6.45, 7) is 4.19. The first-order valence-electron chi connectivity index (χ1n) is 5.77. The molecular weight excluding hydrogens is 269 g/mol. The number of nitrogens with two attached hydrogens (primary N) is 1. The lowest BCUT2D eigenvalue weighted by Crippen LogP contribution is -2.37. The van der Waals surface area contributed by atoms with E-state index in [1.54, 1.807) is 6.07 Å². The molecule has 0 aliphatic carbocycles. The molecule has 2 N–H and O–H groups in total. The van der Waals surface area contributed by atoms with Gasteiger partial charge in [0.1, 0.15) is 5.84 Å². The van der Waals surface area contributed by atoms with Crippen molar-refractivity contribution in [3.05, 3.63) is 45.6 Å². The van der Waals surface area contributed by atoms with Gasteiger partial charge in [-0.15, -0.1) is 0 Å². The summed E-state index contributed by atoms with van der Waals surface area (Å²) in [6.07, 6.45) is 1.97. The van der Waals surface area contributed by atoms with Crippen LogP contribution in [0.2, 0.25) is 10.0 Å². The number of benzene rings is 1. The SMILES string of the molecule is C/C=C1\C(N)=NCCN1Cc1cc(Cl)ccc1Cl. The molecular formula is C13H15Cl2N3. The highest BCUT2D eigenvalue weighted by atomic mass is 35.5. The van der Waals surface area contributed by atoms with E-state index in [1.807, 2.05) is 25.1 Å². The Kier molecular flexibility index (Phi) is 4.15. The second kappa shape index (κ2) is 5.63. The number of rotatable bonds is 2. The summed E-state index contributed by atoms with van der Waals surface area (Å²) in [6, 6.07) is 5.49. The normalized spacial score (nSPS) is 18.1. The minimum atomic E-state index is 0.585. The number of hydrogen-bond donors (Lipinski definition) is 1. The summed E-state index contributed by atoms with van der Waals surface area (Å²) in [7, 11) is 0. The predicted molar refractivity (Wildman–Crippen MR) is 77.1 cm³/mol. The maximum absolute atomic E-state index is 6.18. The largest absolute Gasteiger partial charge is 0.382 e. The third-order valence-corrected chi connectivity index (χ3v) is 3.50. The van der Waals surface area contributed by atoms with Crippen LogP contribution in [0.25, 0.3) is 0 Å². The van der Waals surface area contributed by atoms with Crippen LogP contribution < -0.4 is 5.73 Å². The first-order chi connectivity index (χ1) is 8.61. The molecule has 1 aliphatic rings. The quantitative estimate of drug-likeness (QED) is 0.906. The molecule has 0 saturated carbocycles. The van der Waals surface area contributed by atoms with Crippen LogP contribution in [0.5, 0.6) is 0 Å². The highest BCUT2D eigenvalue weighted by Gasteiger charge is 2.17. The molecule has 5 heteroatoms. The molecule has 0 atom stereocenters. The van der Waals surface area contributed by atoms with E-state index in [0.717, 1.165) is 22.8 Å². The molecule has 3 nitrogen and oxygen atoms in total. The monoisotopic (exact) mass is 283 g/mol. The van der Waals surface area contributed by atoms with Gasteiger partial charge < -0.3 is 10.6 Å². The van der Waals surface area contributed by atoms with E-state index in [2.05, 4.69) is 9.89 Å². The standard InChI is InChI=1S/C13H15Cl2N3/c1-2-12-13(16)17-5-6-18(12)8-9-7-10(14)3-4-11(9)15/h2-4,7H,5-6,8H2,1H3,(H2,16,17)/b12-2+. The molecule has 0 bridgehead atoms. The maximum atomic E-state index is 6.18. The second-order valence-electron chi connectivity index (χ2n) is 4.10. The van der Waals surface area contributed by atoms with Gasteiger partial charge in [0, 0.05) is 23.1 Å². The van der Waals surface area contributed by atoms with Gasteiger partial charge in [0.15, 0.2) is 0 Å². The molecule has 1 aromatic carbocycles. The molecule has 18 heavy (non-hydrogen) atoms. The van der Waals surface area contributed by atoms with Gasteiger partial charge in [-0.25, -0.2) is 0 Å². The Hall–Kier alpha value is -1.19.